The molecule has 0 fully saturated rings. The van der Waals surface area contributed by atoms with Gasteiger partial charge in [-0.05, 0) is 37.1 Å². The Hall–Kier alpha value is -2.42. The Morgan fingerprint density at radius 1 is 0.947 bits per heavy atom. The first-order valence-corrected chi connectivity index (χ1v) is 6.21. The van der Waals surface area contributed by atoms with Gasteiger partial charge in [0.1, 0.15) is 5.82 Å². The highest BCUT2D eigenvalue weighted by Gasteiger charge is 2.04. The Balaban J connectivity index is 2.21. The number of nitrogens with one attached hydrogen (secondary N) is 1. The number of hydrogen-bond donors (Lipinski definition) is 1. The van der Waals surface area contributed by atoms with Gasteiger partial charge in [-0.2, -0.15) is 0 Å². The molecule has 0 aliphatic rings. The van der Waals surface area contributed by atoms with Crippen LogP contribution in [0.3, 0.4) is 0 Å². The number of fused-ring (bicyclic) bond motifs is 1. The fourth-order valence-electron chi connectivity index (χ4n) is 2.18. The van der Waals surface area contributed by atoms with Gasteiger partial charge in [-0.1, -0.05) is 35.9 Å². The largest absolute Gasteiger partial charge is 0.310 e. The van der Waals surface area contributed by atoms with E-state index in [0.29, 0.717) is 11.2 Å². The van der Waals surface area contributed by atoms with Crippen molar-refractivity contribution in [1.29, 1.82) is 0 Å². The van der Waals surface area contributed by atoms with E-state index in [0.717, 1.165) is 16.6 Å². The maximum atomic E-state index is 11.9. The number of rotatable bonds is 1. The van der Waals surface area contributed by atoms with Crippen LogP contribution in [0, 0.1) is 13.8 Å². The van der Waals surface area contributed by atoms with Gasteiger partial charge < -0.3 is 4.98 Å². The van der Waals surface area contributed by atoms with Crippen LogP contribution < -0.4 is 5.56 Å². The van der Waals surface area contributed by atoms with Gasteiger partial charge in [0, 0.05) is 0 Å². The molecule has 2 aromatic carbocycles. The Labute approximate surface area is 111 Å². The second-order valence-corrected chi connectivity index (χ2v) is 4.75. The van der Waals surface area contributed by atoms with Crippen molar-refractivity contribution in [3.05, 3.63) is 64.2 Å². The molecular formula is C16H14N2O. The SMILES string of the molecule is Cc1ccc(-c2ccc3nc(C)[nH]c(=O)c3c2)cc1. The lowest BCUT2D eigenvalue weighted by Gasteiger charge is -2.04. The lowest BCUT2D eigenvalue weighted by Crippen LogP contribution is -2.09. The molecule has 0 radical (unpaired) electrons. The van der Waals surface area contributed by atoms with Gasteiger partial charge in [-0.3, -0.25) is 4.79 Å². The van der Waals surface area contributed by atoms with Crippen molar-refractivity contribution in [1.82, 2.24) is 9.97 Å². The third-order valence-electron chi connectivity index (χ3n) is 3.21. The predicted molar refractivity (Wildman–Crippen MR) is 77.3 cm³/mol. The third kappa shape index (κ3) is 2.15. The monoisotopic (exact) mass is 250 g/mol. The van der Waals surface area contributed by atoms with Crippen molar-refractivity contribution in [2.24, 2.45) is 0 Å². The van der Waals surface area contributed by atoms with Gasteiger partial charge in [0.2, 0.25) is 0 Å². The standard InChI is InChI=1S/C16H14N2O/c1-10-3-5-12(6-4-10)13-7-8-15-14(9-13)16(19)18-11(2)17-15/h3-9H,1-2H3,(H,17,18,19). The van der Waals surface area contributed by atoms with E-state index in [1.165, 1.54) is 5.56 Å². The van der Waals surface area contributed by atoms with E-state index in [-0.39, 0.29) is 5.56 Å². The Bertz CT molecular complexity index is 801. The van der Waals surface area contributed by atoms with Crippen molar-refractivity contribution in [3.63, 3.8) is 0 Å². The highest BCUT2D eigenvalue weighted by molar-refractivity contribution is 5.83. The van der Waals surface area contributed by atoms with Crippen LogP contribution in [0.15, 0.2) is 47.3 Å². The van der Waals surface area contributed by atoms with E-state index >= 15 is 0 Å². The molecule has 94 valence electrons. The number of benzene rings is 2. The van der Waals surface area contributed by atoms with Crippen molar-refractivity contribution in [2.45, 2.75) is 13.8 Å². The van der Waals surface area contributed by atoms with Gasteiger partial charge in [-0.25, -0.2) is 4.98 Å². The van der Waals surface area contributed by atoms with Crippen LogP contribution in [0.2, 0.25) is 0 Å². The lowest BCUT2D eigenvalue weighted by molar-refractivity contribution is 1.06. The van der Waals surface area contributed by atoms with Gasteiger partial charge in [0.15, 0.2) is 0 Å². The number of nitrogens with zero attached hydrogens (tertiary/aromatic N) is 1. The molecule has 1 heterocycles. The second-order valence-electron chi connectivity index (χ2n) is 4.75. The molecule has 1 N–H and O–H groups in total. The zero-order valence-corrected chi connectivity index (χ0v) is 10.9. The fourth-order valence-corrected chi connectivity index (χ4v) is 2.18. The van der Waals surface area contributed by atoms with Crippen LogP contribution in [0.25, 0.3) is 22.0 Å². The minimum atomic E-state index is -0.0866. The highest BCUT2D eigenvalue weighted by Crippen LogP contribution is 2.22. The van der Waals surface area contributed by atoms with Crippen LogP contribution >= 0.6 is 0 Å². The summed E-state index contributed by atoms with van der Waals surface area (Å²) in [7, 11) is 0. The smallest absolute Gasteiger partial charge is 0.258 e. The van der Waals surface area contributed by atoms with E-state index in [2.05, 4.69) is 41.2 Å². The lowest BCUT2D eigenvalue weighted by atomic mass is 10.0. The number of aromatic nitrogens is 2. The highest BCUT2D eigenvalue weighted by atomic mass is 16.1. The van der Waals surface area contributed by atoms with Crippen molar-refractivity contribution in [2.75, 3.05) is 0 Å². The van der Waals surface area contributed by atoms with E-state index in [1.54, 1.807) is 6.92 Å². The summed E-state index contributed by atoms with van der Waals surface area (Å²) in [5, 5.41) is 0.628. The van der Waals surface area contributed by atoms with Crippen LogP contribution in [-0.2, 0) is 0 Å². The molecule has 3 nitrogen and oxygen atoms in total. The summed E-state index contributed by atoms with van der Waals surface area (Å²) >= 11 is 0. The molecule has 3 heteroatoms. The maximum Gasteiger partial charge on any atom is 0.258 e. The molecule has 1 aromatic heterocycles. The third-order valence-corrected chi connectivity index (χ3v) is 3.21. The molecule has 0 bridgehead atoms. The zero-order chi connectivity index (χ0) is 13.4. The van der Waals surface area contributed by atoms with Crippen LogP contribution in [-0.4, -0.2) is 9.97 Å². The molecule has 0 aliphatic heterocycles. The molecule has 0 spiro atoms. The topological polar surface area (TPSA) is 45.8 Å². The number of hydrogen-bond acceptors (Lipinski definition) is 2. The number of aryl methyl sites for hydroxylation is 2. The molecule has 0 aliphatic carbocycles. The van der Waals surface area contributed by atoms with Crippen LogP contribution in [0.1, 0.15) is 11.4 Å². The Morgan fingerprint density at radius 3 is 2.37 bits per heavy atom. The first kappa shape index (κ1) is 11.7. The predicted octanol–water partition coefficient (Wildman–Crippen LogP) is 3.21. The summed E-state index contributed by atoms with van der Waals surface area (Å²) in [6, 6.07) is 14.0. The van der Waals surface area contributed by atoms with E-state index in [4.69, 9.17) is 0 Å². The summed E-state index contributed by atoms with van der Waals surface area (Å²) in [6.07, 6.45) is 0. The quantitative estimate of drug-likeness (QED) is 0.720. The average molecular weight is 250 g/mol. The molecule has 0 saturated carbocycles. The summed E-state index contributed by atoms with van der Waals surface area (Å²) < 4.78 is 0. The summed E-state index contributed by atoms with van der Waals surface area (Å²) in [5.74, 6) is 0.639. The Morgan fingerprint density at radius 2 is 1.63 bits per heavy atom. The van der Waals surface area contributed by atoms with Crippen molar-refractivity contribution in [3.8, 4) is 11.1 Å². The minimum absolute atomic E-state index is 0.0866. The molecule has 3 rings (SSSR count). The van der Waals surface area contributed by atoms with Gasteiger partial charge >= 0.3 is 0 Å². The van der Waals surface area contributed by atoms with E-state index < -0.39 is 0 Å². The summed E-state index contributed by atoms with van der Waals surface area (Å²) in [5.41, 5.74) is 4.00. The van der Waals surface area contributed by atoms with E-state index in [9.17, 15) is 4.79 Å². The molecule has 0 saturated heterocycles. The average Bonchev–Trinajstić information content (AvgIpc) is 2.39. The molecule has 3 aromatic rings. The summed E-state index contributed by atoms with van der Waals surface area (Å²) in [4.78, 5) is 19.0. The minimum Gasteiger partial charge on any atom is -0.310 e. The number of H-pyrrole nitrogens is 1. The first-order chi connectivity index (χ1) is 9.13. The summed E-state index contributed by atoms with van der Waals surface area (Å²) in [6.45, 7) is 3.84. The van der Waals surface area contributed by atoms with Gasteiger partial charge in [0.25, 0.3) is 5.56 Å². The molecule has 0 amide bonds. The fraction of sp³-hybridized carbons (Fsp3) is 0.125. The van der Waals surface area contributed by atoms with Gasteiger partial charge in [-0.15, -0.1) is 0 Å². The first-order valence-electron chi connectivity index (χ1n) is 6.21. The maximum absolute atomic E-state index is 11.9. The van der Waals surface area contributed by atoms with Crippen molar-refractivity contribution >= 4 is 10.9 Å². The molecule has 0 unspecified atom stereocenters. The second kappa shape index (κ2) is 4.35. The van der Waals surface area contributed by atoms with Crippen LogP contribution in [0.4, 0.5) is 0 Å². The zero-order valence-electron chi connectivity index (χ0n) is 10.9. The normalized spacial score (nSPS) is 10.8. The van der Waals surface area contributed by atoms with Gasteiger partial charge in [0.05, 0.1) is 10.9 Å². The van der Waals surface area contributed by atoms with Crippen LogP contribution in [0.5, 0.6) is 0 Å². The number of aromatic amines is 1. The van der Waals surface area contributed by atoms with Crippen molar-refractivity contribution < 1.29 is 0 Å². The molecule has 0 atom stereocenters. The molecule has 19 heavy (non-hydrogen) atoms. The van der Waals surface area contributed by atoms with E-state index in [1.807, 2.05) is 18.2 Å². The molecular weight excluding hydrogens is 236 g/mol. The Kier molecular flexibility index (Phi) is 2.67.